The monoisotopic (exact) mass is 359 g/mol. The molecule has 0 aliphatic heterocycles. The summed E-state index contributed by atoms with van der Waals surface area (Å²) >= 11 is 15.1. The summed E-state index contributed by atoms with van der Waals surface area (Å²) in [4.78, 5) is 16.0. The fourth-order valence-electron chi connectivity index (χ4n) is 1.42. The number of benzene rings is 1. The van der Waals surface area contributed by atoms with Gasteiger partial charge in [-0.2, -0.15) is 0 Å². The maximum absolute atomic E-state index is 12.1. The van der Waals surface area contributed by atoms with Gasteiger partial charge in [0.15, 0.2) is 5.15 Å². The van der Waals surface area contributed by atoms with E-state index in [0.29, 0.717) is 20.9 Å². The van der Waals surface area contributed by atoms with Crippen LogP contribution in [0.4, 0.5) is 11.4 Å². The van der Waals surface area contributed by atoms with Gasteiger partial charge >= 0.3 is 0 Å². The molecular formula is C12H8BrCl2N3O. The molecule has 19 heavy (non-hydrogen) atoms. The van der Waals surface area contributed by atoms with Crippen LogP contribution in [0.3, 0.4) is 0 Å². The zero-order valence-electron chi connectivity index (χ0n) is 9.45. The first-order valence-corrected chi connectivity index (χ1v) is 6.69. The van der Waals surface area contributed by atoms with Gasteiger partial charge in [0.25, 0.3) is 5.91 Å². The first-order valence-electron chi connectivity index (χ1n) is 5.15. The van der Waals surface area contributed by atoms with Crippen LogP contribution in [0.25, 0.3) is 0 Å². The van der Waals surface area contributed by atoms with Crippen LogP contribution in [-0.2, 0) is 0 Å². The zero-order chi connectivity index (χ0) is 14.0. The third-order valence-corrected chi connectivity index (χ3v) is 3.35. The second-order valence-electron chi connectivity index (χ2n) is 3.69. The number of aromatic nitrogens is 1. The van der Waals surface area contributed by atoms with Crippen molar-refractivity contribution in [2.45, 2.75) is 0 Å². The lowest BCUT2D eigenvalue weighted by molar-refractivity contribution is 0.102. The summed E-state index contributed by atoms with van der Waals surface area (Å²) in [6, 6.07) is 6.32. The van der Waals surface area contributed by atoms with E-state index in [1.165, 1.54) is 12.3 Å². The molecule has 0 radical (unpaired) electrons. The molecule has 7 heteroatoms. The molecule has 0 saturated carbocycles. The molecule has 1 aromatic heterocycles. The lowest BCUT2D eigenvalue weighted by atomic mass is 10.2. The molecule has 98 valence electrons. The van der Waals surface area contributed by atoms with E-state index in [2.05, 4.69) is 26.2 Å². The molecule has 0 spiro atoms. The van der Waals surface area contributed by atoms with Crippen molar-refractivity contribution in [1.82, 2.24) is 4.98 Å². The van der Waals surface area contributed by atoms with E-state index in [-0.39, 0.29) is 10.7 Å². The molecule has 2 rings (SSSR count). The molecule has 0 fully saturated rings. The van der Waals surface area contributed by atoms with Gasteiger partial charge in [0.1, 0.15) is 0 Å². The van der Waals surface area contributed by atoms with Crippen molar-refractivity contribution in [3.8, 4) is 0 Å². The zero-order valence-corrected chi connectivity index (χ0v) is 12.6. The molecule has 2 aromatic rings. The van der Waals surface area contributed by atoms with Crippen LogP contribution >= 0.6 is 39.1 Å². The average Bonchev–Trinajstić information content (AvgIpc) is 2.36. The summed E-state index contributed by atoms with van der Waals surface area (Å²) in [5.74, 6) is -0.404. The Labute approximate surface area is 128 Å². The number of nitrogens with two attached hydrogens (primary N) is 1. The molecular weight excluding hydrogens is 353 g/mol. The second kappa shape index (κ2) is 5.77. The van der Waals surface area contributed by atoms with E-state index in [9.17, 15) is 4.79 Å². The fraction of sp³-hybridized carbons (Fsp3) is 0. The quantitative estimate of drug-likeness (QED) is 0.628. The molecule has 0 bridgehead atoms. The smallest absolute Gasteiger partial charge is 0.257 e. The molecule has 0 atom stereocenters. The first-order chi connectivity index (χ1) is 8.97. The van der Waals surface area contributed by atoms with Gasteiger partial charge in [-0.15, -0.1) is 0 Å². The largest absolute Gasteiger partial charge is 0.399 e. The Hall–Kier alpha value is -1.30. The predicted molar refractivity (Wildman–Crippen MR) is 80.8 cm³/mol. The Kier molecular flexibility index (Phi) is 4.29. The molecule has 1 amide bonds. The molecule has 0 aliphatic carbocycles. The Balaban J connectivity index is 2.30. The van der Waals surface area contributed by atoms with Crippen LogP contribution in [0, 0.1) is 0 Å². The summed E-state index contributed by atoms with van der Waals surface area (Å²) in [6.07, 6.45) is 1.53. The van der Waals surface area contributed by atoms with E-state index in [4.69, 9.17) is 28.9 Å². The van der Waals surface area contributed by atoms with Gasteiger partial charge in [0.05, 0.1) is 16.3 Å². The molecule has 1 heterocycles. The van der Waals surface area contributed by atoms with Gasteiger partial charge < -0.3 is 11.1 Å². The maximum atomic E-state index is 12.1. The van der Waals surface area contributed by atoms with Gasteiger partial charge in [-0.1, -0.05) is 23.2 Å². The summed E-state index contributed by atoms with van der Waals surface area (Å²) in [5, 5.41) is 3.13. The predicted octanol–water partition coefficient (Wildman–Crippen LogP) is 3.99. The lowest BCUT2D eigenvalue weighted by Gasteiger charge is -2.08. The van der Waals surface area contributed by atoms with Crippen molar-refractivity contribution >= 4 is 56.4 Å². The van der Waals surface area contributed by atoms with Crippen LogP contribution in [0.5, 0.6) is 0 Å². The van der Waals surface area contributed by atoms with Crippen molar-refractivity contribution in [2.24, 2.45) is 0 Å². The molecule has 4 nitrogen and oxygen atoms in total. The topological polar surface area (TPSA) is 68.0 Å². The Morgan fingerprint density at radius 2 is 2.05 bits per heavy atom. The molecule has 0 saturated heterocycles. The minimum Gasteiger partial charge on any atom is -0.399 e. The van der Waals surface area contributed by atoms with Crippen molar-refractivity contribution in [1.29, 1.82) is 0 Å². The summed E-state index contributed by atoms with van der Waals surface area (Å²) < 4.78 is 0.700. The highest BCUT2D eigenvalue weighted by Crippen LogP contribution is 2.25. The number of pyridine rings is 1. The number of anilines is 2. The molecule has 3 N–H and O–H groups in total. The van der Waals surface area contributed by atoms with Crippen molar-refractivity contribution < 1.29 is 4.79 Å². The Morgan fingerprint density at radius 1 is 1.32 bits per heavy atom. The number of halogens is 3. The van der Waals surface area contributed by atoms with E-state index in [0.717, 1.165) is 0 Å². The van der Waals surface area contributed by atoms with Crippen LogP contribution in [-0.4, -0.2) is 10.9 Å². The van der Waals surface area contributed by atoms with Gasteiger partial charge in [0, 0.05) is 16.4 Å². The van der Waals surface area contributed by atoms with Gasteiger partial charge in [0.2, 0.25) is 0 Å². The third-order valence-electron chi connectivity index (χ3n) is 2.29. The number of nitrogens with one attached hydrogen (secondary N) is 1. The number of rotatable bonds is 2. The van der Waals surface area contributed by atoms with Crippen molar-refractivity contribution in [2.75, 3.05) is 11.1 Å². The number of hydrogen-bond acceptors (Lipinski definition) is 3. The minimum absolute atomic E-state index is 0.191. The fourth-order valence-corrected chi connectivity index (χ4v) is 2.10. The summed E-state index contributed by atoms with van der Waals surface area (Å²) in [6.45, 7) is 0. The number of nitrogen functional groups attached to an aromatic ring is 1. The highest BCUT2D eigenvalue weighted by Gasteiger charge is 2.13. The van der Waals surface area contributed by atoms with Gasteiger partial charge in [-0.25, -0.2) is 4.98 Å². The van der Waals surface area contributed by atoms with E-state index < -0.39 is 5.91 Å². The minimum atomic E-state index is -0.404. The van der Waals surface area contributed by atoms with Crippen molar-refractivity contribution in [3.05, 3.63) is 50.7 Å². The number of nitrogens with zero attached hydrogens (tertiary/aromatic N) is 1. The maximum Gasteiger partial charge on any atom is 0.257 e. The van der Waals surface area contributed by atoms with Gasteiger partial charge in [-0.05, 0) is 40.2 Å². The average molecular weight is 361 g/mol. The summed E-state index contributed by atoms with van der Waals surface area (Å²) in [7, 11) is 0. The van der Waals surface area contributed by atoms with Crippen LogP contribution in [0.1, 0.15) is 10.4 Å². The molecule has 0 unspecified atom stereocenters. The molecule has 1 aromatic carbocycles. The number of carbonyl (C=O) groups excluding carboxylic acids is 1. The third kappa shape index (κ3) is 3.37. The van der Waals surface area contributed by atoms with Crippen LogP contribution in [0.15, 0.2) is 34.9 Å². The molecule has 0 aliphatic rings. The summed E-state index contributed by atoms with van der Waals surface area (Å²) in [5.41, 5.74) is 6.74. The van der Waals surface area contributed by atoms with E-state index in [1.54, 1.807) is 18.2 Å². The first kappa shape index (κ1) is 14.1. The number of hydrogen-bond donors (Lipinski definition) is 2. The van der Waals surface area contributed by atoms with E-state index in [1.807, 2.05) is 0 Å². The second-order valence-corrected chi connectivity index (χ2v) is 5.37. The van der Waals surface area contributed by atoms with Crippen LogP contribution in [0.2, 0.25) is 10.2 Å². The van der Waals surface area contributed by atoms with E-state index >= 15 is 0 Å². The van der Waals surface area contributed by atoms with Crippen molar-refractivity contribution in [3.63, 3.8) is 0 Å². The van der Waals surface area contributed by atoms with Gasteiger partial charge in [-0.3, -0.25) is 4.79 Å². The number of amides is 1. The number of carbonyl (C=O) groups is 1. The highest BCUT2D eigenvalue weighted by atomic mass is 79.9. The normalized spacial score (nSPS) is 10.3. The Bertz CT molecular complexity index is 649. The lowest BCUT2D eigenvalue weighted by Crippen LogP contribution is -2.13. The highest BCUT2D eigenvalue weighted by molar-refractivity contribution is 9.10. The SMILES string of the molecule is Nc1ccc(Cl)c(C(=O)Nc2cc(Br)cnc2Cl)c1. The van der Waals surface area contributed by atoms with Crippen LogP contribution < -0.4 is 11.1 Å². The Morgan fingerprint density at radius 3 is 2.79 bits per heavy atom. The standard InChI is InChI=1S/C12H8BrCl2N3O/c13-6-3-10(11(15)17-5-6)18-12(19)8-4-7(16)1-2-9(8)14/h1-5H,16H2,(H,18,19).